The largest absolute Gasteiger partial charge is 0.493 e. The van der Waals surface area contributed by atoms with Crippen LogP contribution < -0.4 is 9.47 Å². The molecular weight excluding hydrogens is 390 g/mol. The fourth-order valence-corrected chi connectivity index (χ4v) is 5.27. The van der Waals surface area contributed by atoms with Crippen LogP contribution >= 0.6 is 0 Å². The fraction of sp³-hybridized carbons (Fsp3) is 0.346. The zero-order valence-corrected chi connectivity index (χ0v) is 18.2. The summed E-state index contributed by atoms with van der Waals surface area (Å²) in [7, 11) is 5.38. The molecule has 5 nitrogen and oxygen atoms in total. The van der Waals surface area contributed by atoms with E-state index in [-0.39, 0.29) is 17.2 Å². The molecule has 2 aromatic carbocycles. The number of ether oxygens (including phenoxy) is 3. The first-order valence-corrected chi connectivity index (χ1v) is 10.7. The lowest BCUT2D eigenvalue weighted by Crippen LogP contribution is -2.54. The van der Waals surface area contributed by atoms with Gasteiger partial charge in [0.2, 0.25) is 5.78 Å². The van der Waals surface area contributed by atoms with Gasteiger partial charge in [-0.25, -0.2) is 0 Å². The second kappa shape index (κ2) is 7.57. The minimum atomic E-state index is -0.346. The Bertz CT molecular complexity index is 1090. The number of benzene rings is 2. The number of hydrogen-bond donors (Lipinski definition) is 0. The Morgan fingerprint density at radius 1 is 1.10 bits per heavy atom. The maximum atomic E-state index is 12.6. The molecule has 0 unspecified atom stereocenters. The molecule has 2 aromatic rings. The monoisotopic (exact) mass is 417 g/mol. The topological polar surface area (TPSA) is 48.0 Å². The van der Waals surface area contributed by atoms with Crippen LogP contribution in [0.15, 0.2) is 65.9 Å². The van der Waals surface area contributed by atoms with E-state index in [0.29, 0.717) is 12.4 Å². The van der Waals surface area contributed by atoms with E-state index in [0.717, 1.165) is 36.4 Å². The van der Waals surface area contributed by atoms with Gasteiger partial charge in [-0.2, -0.15) is 0 Å². The highest BCUT2D eigenvalue weighted by Gasteiger charge is 2.50. The average Bonchev–Trinajstić information content (AvgIpc) is 2.80. The Morgan fingerprint density at radius 2 is 1.90 bits per heavy atom. The van der Waals surface area contributed by atoms with Crippen molar-refractivity contribution in [1.82, 2.24) is 4.90 Å². The van der Waals surface area contributed by atoms with Crippen molar-refractivity contribution in [2.24, 2.45) is 0 Å². The molecule has 160 valence electrons. The summed E-state index contributed by atoms with van der Waals surface area (Å²) in [5, 5.41) is 0. The van der Waals surface area contributed by atoms with Crippen molar-refractivity contribution in [2.45, 2.75) is 30.9 Å². The number of allylic oxidation sites excluding steroid dienone is 2. The first-order valence-electron chi connectivity index (χ1n) is 10.7. The number of likely N-dealkylation sites (tertiary alicyclic amines) is 1. The van der Waals surface area contributed by atoms with Crippen LogP contribution in [0.4, 0.5) is 0 Å². The van der Waals surface area contributed by atoms with Crippen LogP contribution in [0.2, 0.25) is 0 Å². The molecule has 0 radical (unpaired) electrons. The summed E-state index contributed by atoms with van der Waals surface area (Å²) in [5.41, 5.74) is 4.35. The van der Waals surface area contributed by atoms with E-state index in [9.17, 15) is 4.79 Å². The molecule has 5 heteroatoms. The van der Waals surface area contributed by atoms with E-state index in [1.165, 1.54) is 16.7 Å². The van der Waals surface area contributed by atoms with Crippen LogP contribution in [0.1, 0.15) is 23.1 Å². The number of fused-ring (bicyclic) bond motifs is 1. The number of hydrogen-bond acceptors (Lipinski definition) is 5. The van der Waals surface area contributed by atoms with Gasteiger partial charge in [-0.15, -0.1) is 0 Å². The molecule has 3 aliphatic rings. The van der Waals surface area contributed by atoms with E-state index in [2.05, 4.69) is 24.1 Å². The molecule has 5 rings (SSSR count). The Balaban J connectivity index is 1.62. The van der Waals surface area contributed by atoms with Gasteiger partial charge in [-0.1, -0.05) is 30.3 Å². The molecule has 0 spiro atoms. The molecule has 1 fully saturated rings. The number of carbonyl (C=O) groups excluding carboxylic acids is 1. The molecule has 1 aliphatic heterocycles. The minimum Gasteiger partial charge on any atom is -0.493 e. The third kappa shape index (κ3) is 3.15. The molecular formula is C26H27NO4. The summed E-state index contributed by atoms with van der Waals surface area (Å²) in [5.74, 6) is 1.83. The maximum Gasteiger partial charge on any atom is 0.220 e. The summed E-state index contributed by atoms with van der Waals surface area (Å²) >= 11 is 0. The maximum absolute atomic E-state index is 12.6. The third-order valence-electron chi connectivity index (χ3n) is 6.91. The quantitative estimate of drug-likeness (QED) is 0.740. The lowest BCUT2D eigenvalue weighted by Gasteiger charge is -2.52. The molecule has 0 aromatic heterocycles. The van der Waals surface area contributed by atoms with Gasteiger partial charge in [0.15, 0.2) is 17.3 Å². The van der Waals surface area contributed by atoms with Crippen LogP contribution in [0.25, 0.3) is 0 Å². The summed E-state index contributed by atoms with van der Waals surface area (Å²) < 4.78 is 17.4. The number of piperidine rings is 1. The SMILES string of the molecule is COC1=C[C@]23CCN(C)[C@H](Cc4cc(OC)c(OCc5ccccc5)cc42)C3=CC1=O. The van der Waals surface area contributed by atoms with Gasteiger partial charge >= 0.3 is 0 Å². The van der Waals surface area contributed by atoms with E-state index >= 15 is 0 Å². The zero-order chi connectivity index (χ0) is 21.6. The van der Waals surface area contributed by atoms with E-state index in [4.69, 9.17) is 14.2 Å². The van der Waals surface area contributed by atoms with Gasteiger partial charge in [0.1, 0.15) is 6.61 Å². The van der Waals surface area contributed by atoms with Crippen molar-refractivity contribution < 1.29 is 19.0 Å². The second-order valence-corrected chi connectivity index (χ2v) is 8.53. The predicted molar refractivity (Wildman–Crippen MR) is 118 cm³/mol. The first-order chi connectivity index (χ1) is 15.1. The molecule has 1 saturated heterocycles. The number of likely N-dealkylation sites (N-methyl/N-ethyl adjacent to an activating group) is 1. The van der Waals surface area contributed by atoms with Crippen molar-refractivity contribution in [3.05, 3.63) is 82.6 Å². The highest BCUT2D eigenvalue weighted by atomic mass is 16.5. The Labute approximate surface area is 182 Å². The van der Waals surface area contributed by atoms with E-state index < -0.39 is 0 Å². The highest BCUT2D eigenvalue weighted by Crippen LogP contribution is 2.53. The Kier molecular flexibility index (Phi) is 4.86. The molecule has 2 bridgehead atoms. The van der Waals surface area contributed by atoms with Crippen LogP contribution in [0, 0.1) is 0 Å². The number of rotatable bonds is 5. The summed E-state index contributed by atoms with van der Waals surface area (Å²) in [6, 6.07) is 14.5. The Hall–Kier alpha value is -3.05. The molecule has 0 N–H and O–H groups in total. The minimum absolute atomic E-state index is 0.0501. The van der Waals surface area contributed by atoms with Crippen molar-refractivity contribution in [3.8, 4) is 11.5 Å². The molecule has 2 atom stereocenters. The number of nitrogens with zero attached hydrogens (tertiary/aromatic N) is 1. The van der Waals surface area contributed by atoms with Crippen LogP contribution in [0.3, 0.4) is 0 Å². The lowest BCUT2D eigenvalue weighted by molar-refractivity contribution is -0.114. The Morgan fingerprint density at radius 3 is 2.65 bits per heavy atom. The van der Waals surface area contributed by atoms with E-state index in [1.54, 1.807) is 20.3 Å². The smallest absolute Gasteiger partial charge is 0.220 e. The zero-order valence-electron chi connectivity index (χ0n) is 18.2. The van der Waals surface area contributed by atoms with Gasteiger partial charge in [-0.3, -0.25) is 9.69 Å². The molecule has 1 heterocycles. The van der Waals surface area contributed by atoms with Crippen molar-refractivity contribution in [1.29, 1.82) is 0 Å². The van der Waals surface area contributed by atoms with Crippen LogP contribution in [0.5, 0.6) is 11.5 Å². The predicted octanol–water partition coefficient (Wildman–Crippen LogP) is 3.81. The van der Waals surface area contributed by atoms with Crippen molar-refractivity contribution in [2.75, 3.05) is 27.8 Å². The summed E-state index contributed by atoms with van der Waals surface area (Å²) in [6.45, 7) is 1.42. The van der Waals surface area contributed by atoms with Gasteiger partial charge in [0.05, 0.1) is 14.2 Å². The standard InChI is InChI=1S/C26H27NO4/c1-27-10-9-26-15-25(30-3)22(28)13-20(26)21(27)11-18-12-23(29-2)24(14-19(18)26)31-16-17-7-5-4-6-8-17/h4-8,12-15,21H,9-11,16H2,1-3H3/t21-,26-/m1/s1. The first kappa shape index (κ1) is 19.9. The normalized spacial score (nSPS) is 24.5. The van der Waals surface area contributed by atoms with Crippen molar-refractivity contribution in [3.63, 3.8) is 0 Å². The van der Waals surface area contributed by atoms with Crippen LogP contribution in [-0.4, -0.2) is 44.5 Å². The van der Waals surface area contributed by atoms with E-state index in [1.807, 2.05) is 36.4 Å². The summed E-state index contributed by atoms with van der Waals surface area (Å²) in [6.07, 6.45) is 5.58. The third-order valence-corrected chi connectivity index (χ3v) is 6.91. The lowest BCUT2D eigenvalue weighted by atomic mass is 9.59. The summed E-state index contributed by atoms with van der Waals surface area (Å²) in [4.78, 5) is 15.0. The number of ketones is 1. The molecule has 31 heavy (non-hydrogen) atoms. The molecule has 0 amide bonds. The highest BCUT2D eigenvalue weighted by molar-refractivity contribution is 6.05. The van der Waals surface area contributed by atoms with Gasteiger partial charge < -0.3 is 14.2 Å². The number of methoxy groups -OCH3 is 2. The molecule has 2 aliphatic carbocycles. The van der Waals surface area contributed by atoms with Crippen molar-refractivity contribution >= 4 is 5.78 Å². The van der Waals surface area contributed by atoms with Gasteiger partial charge in [-0.05, 0) is 73.0 Å². The van der Waals surface area contributed by atoms with Gasteiger partial charge in [0, 0.05) is 11.5 Å². The fourth-order valence-electron chi connectivity index (χ4n) is 5.27. The average molecular weight is 418 g/mol. The molecule has 0 saturated carbocycles. The van der Waals surface area contributed by atoms with Gasteiger partial charge in [0.25, 0.3) is 0 Å². The van der Waals surface area contributed by atoms with Crippen LogP contribution in [-0.2, 0) is 28.0 Å². The second-order valence-electron chi connectivity index (χ2n) is 8.53. The number of carbonyl (C=O) groups is 1.